The number of carbonyl (C=O) groups is 1. The molecule has 0 aliphatic rings. The lowest BCUT2D eigenvalue weighted by atomic mass is 10.0. The van der Waals surface area contributed by atoms with Gasteiger partial charge in [0.2, 0.25) is 5.16 Å². The number of hydrogen-bond donors (Lipinski definition) is 2. The lowest BCUT2D eigenvalue weighted by molar-refractivity contribution is -0.117. The summed E-state index contributed by atoms with van der Waals surface area (Å²) in [6.45, 7) is 1.42. The topological polar surface area (TPSA) is 121 Å². The highest BCUT2D eigenvalue weighted by atomic mass is 35.5. The quantitative estimate of drug-likeness (QED) is 0.449. The molecule has 0 saturated carbocycles. The molecule has 0 aliphatic heterocycles. The average Bonchev–Trinajstić information content (AvgIpc) is 2.86. The van der Waals surface area contributed by atoms with Crippen LogP contribution in [0.25, 0.3) is 11.4 Å². The fraction of sp³-hybridized carbons (Fsp3) is 0.214. The van der Waals surface area contributed by atoms with E-state index in [0.29, 0.717) is 26.6 Å². The number of hydrogen-bond acceptors (Lipinski definition) is 7. The van der Waals surface area contributed by atoms with E-state index in [1.54, 1.807) is 24.3 Å². The normalized spacial score (nSPS) is 11.8. The first-order valence-electron chi connectivity index (χ1n) is 6.61. The fourth-order valence-electron chi connectivity index (χ4n) is 1.86. The molecule has 0 aliphatic carbocycles. The van der Waals surface area contributed by atoms with E-state index < -0.39 is 5.92 Å². The zero-order chi connectivity index (χ0) is 17.9. The van der Waals surface area contributed by atoms with Crippen LogP contribution < -0.4 is 5.84 Å². The Hall–Kier alpha value is -2.08. The maximum absolute atomic E-state index is 12.0. The first-order valence-corrected chi connectivity index (χ1v) is 8.35. The Labute approximate surface area is 152 Å². The van der Waals surface area contributed by atoms with E-state index >= 15 is 0 Å². The molecule has 0 saturated heterocycles. The molecule has 10 heteroatoms. The number of nitrogen functional groups attached to an aromatic ring is 1. The van der Waals surface area contributed by atoms with E-state index in [1.165, 1.54) is 11.6 Å². The van der Waals surface area contributed by atoms with E-state index in [2.05, 4.69) is 10.2 Å². The minimum atomic E-state index is -1.06. The van der Waals surface area contributed by atoms with E-state index in [4.69, 9.17) is 39.7 Å². The lowest BCUT2D eigenvalue weighted by Gasteiger charge is -2.07. The molecule has 1 unspecified atom stereocenters. The molecular formula is C14H12Cl2N6OS. The maximum atomic E-state index is 12.0. The van der Waals surface area contributed by atoms with Crippen LogP contribution in [0.3, 0.4) is 0 Å². The van der Waals surface area contributed by atoms with Crippen LogP contribution in [0.2, 0.25) is 10.0 Å². The largest absolute Gasteiger partial charge is 0.335 e. The molecular weight excluding hydrogens is 371 g/mol. The third kappa shape index (κ3) is 3.87. The van der Waals surface area contributed by atoms with Crippen LogP contribution in [0, 0.1) is 22.7 Å². The maximum Gasteiger partial charge on any atom is 0.210 e. The van der Waals surface area contributed by atoms with Gasteiger partial charge in [-0.3, -0.25) is 4.79 Å². The summed E-state index contributed by atoms with van der Waals surface area (Å²) in [6.07, 6.45) is 0. The van der Waals surface area contributed by atoms with E-state index in [1.807, 2.05) is 0 Å². The predicted octanol–water partition coefficient (Wildman–Crippen LogP) is 2.81. The number of nitrogens with two attached hydrogens (primary N) is 1. The predicted molar refractivity (Wildman–Crippen MR) is 93.9 cm³/mol. The van der Waals surface area contributed by atoms with Gasteiger partial charge in [0.25, 0.3) is 0 Å². The molecule has 0 spiro atoms. The Balaban J connectivity index is 2.18. The van der Waals surface area contributed by atoms with Crippen molar-refractivity contribution in [1.29, 1.82) is 10.7 Å². The highest BCUT2D eigenvalue weighted by Crippen LogP contribution is 2.30. The minimum absolute atomic E-state index is 0.00551. The van der Waals surface area contributed by atoms with Crippen molar-refractivity contribution in [3.8, 4) is 17.5 Å². The van der Waals surface area contributed by atoms with Gasteiger partial charge >= 0.3 is 0 Å². The number of halogens is 2. The molecule has 0 bridgehead atoms. The summed E-state index contributed by atoms with van der Waals surface area (Å²) in [5.41, 5.74) is 0.561. The van der Waals surface area contributed by atoms with Crippen molar-refractivity contribution >= 4 is 46.5 Å². The zero-order valence-electron chi connectivity index (χ0n) is 12.5. The van der Waals surface area contributed by atoms with Crippen LogP contribution in [0.5, 0.6) is 0 Å². The van der Waals surface area contributed by atoms with Gasteiger partial charge in [0.05, 0.1) is 16.8 Å². The van der Waals surface area contributed by atoms with Crippen LogP contribution >= 0.6 is 35.0 Å². The van der Waals surface area contributed by atoms with Crippen molar-refractivity contribution < 1.29 is 4.79 Å². The molecule has 3 N–H and O–H groups in total. The number of carbonyl (C=O) groups excluding carboxylic acids is 1. The number of Topliss-reactive ketones (excluding diaryl/α,β-unsaturated/α-hetero) is 1. The summed E-state index contributed by atoms with van der Waals surface area (Å²) < 4.78 is 1.21. The Morgan fingerprint density at radius 2 is 2.21 bits per heavy atom. The molecule has 0 radical (unpaired) electrons. The zero-order valence-corrected chi connectivity index (χ0v) is 14.8. The Kier molecular flexibility index (Phi) is 5.83. The van der Waals surface area contributed by atoms with Gasteiger partial charge in [-0.1, -0.05) is 35.0 Å². The summed E-state index contributed by atoms with van der Waals surface area (Å²) >= 11 is 13.0. The Morgan fingerprint density at radius 1 is 1.50 bits per heavy atom. The molecule has 0 fully saturated rings. The standard InChI is InChI=1S/C14H12Cl2N6OS/c1-7(18)10(5-17)12(23)6-24-14-21-20-13(22(14)19)9-3-2-8(15)4-11(9)16/h2-4,10,18H,6,19H2,1H3. The third-order valence-electron chi connectivity index (χ3n) is 3.06. The van der Waals surface area contributed by atoms with Crippen molar-refractivity contribution in [3.63, 3.8) is 0 Å². The van der Waals surface area contributed by atoms with Gasteiger partial charge in [0.1, 0.15) is 5.92 Å². The van der Waals surface area contributed by atoms with Crippen LogP contribution in [0.1, 0.15) is 6.92 Å². The summed E-state index contributed by atoms with van der Waals surface area (Å²) in [6, 6.07) is 6.69. The number of benzene rings is 1. The smallest absolute Gasteiger partial charge is 0.210 e. The molecule has 1 heterocycles. The molecule has 1 atom stereocenters. The summed E-state index contributed by atoms with van der Waals surface area (Å²) in [5, 5.41) is 25.4. The Morgan fingerprint density at radius 3 is 2.79 bits per heavy atom. The average molecular weight is 383 g/mol. The second kappa shape index (κ2) is 7.66. The van der Waals surface area contributed by atoms with Crippen molar-refractivity contribution in [2.45, 2.75) is 12.1 Å². The van der Waals surface area contributed by atoms with Crippen molar-refractivity contribution in [2.24, 2.45) is 5.92 Å². The van der Waals surface area contributed by atoms with Gasteiger partial charge in [0, 0.05) is 16.3 Å². The molecule has 24 heavy (non-hydrogen) atoms. The van der Waals surface area contributed by atoms with Gasteiger partial charge in [-0.2, -0.15) is 5.26 Å². The van der Waals surface area contributed by atoms with Crippen LogP contribution in [0.15, 0.2) is 23.4 Å². The van der Waals surface area contributed by atoms with Crippen molar-refractivity contribution in [2.75, 3.05) is 11.6 Å². The minimum Gasteiger partial charge on any atom is -0.335 e. The number of rotatable bonds is 6. The summed E-state index contributed by atoms with van der Waals surface area (Å²) in [4.78, 5) is 12.0. The van der Waals surface area contributed by atoms with E-state index in [-0.39, 0.29) is 17.2 Å². The van der Waals surface area contributed by atoms with Gasteiger partial charge in [-0.15, -0.1) is 10.2 Å². The van der Waals surface area contributed by atoms with Crippen molar-refractivity contribution in [3.05, 3.63) is 28.2 Å². The van der Waals surface area contributed by atoms with Crippen molar-refractivity contribution in [1.82, 2.24) is 14.9 Å². The molecule has 1 aromatic heterocycles. The van der Waals surface area contributed by atoms with Gasteiger partial charge in [0.15, 0.2) is 11.6 Å². The summed E-state index contributed by atoms with van der Waals surface area (Å²) in [5.74, 6) is 4.80. The first kappa shape index (κ1) is 18.3. The van der Waals surface area contributed by atoms with E-state index in [9.17, 15) is 4.79 Å². The monoisotopic (exact) mass is 382 g/mol. The highest BCUT2D eigenvalue weighted by molar-refractivity contribution is 7.99. The lowest BCUT2D eigenvalue weighted by Crippen LogP contribution is -2.22. The number of nitrogens with zero attached hydrogens (tertiary/aromatic N) is 4. The molecule has 1 aromatic carbocycles. The van der Waals surface area contributed by atoms with Crippen LogP contribution in [-0.2, 0) is 4.79 Å². The molecule has 0 amide bonds. The highest BCUT2D eigenvalue weighted by Gasteiger charge is 2.22. The Bertz CT molecular complexity index is 844. The van der Waals surface area contributed by atoms with Crippen LogP contribution in [-0.4, -0.2) is 32.1 Å². The number of aromatic nitrogens is 3. The van der Waals surface area contributed by atoms with Gasteiger partial charge < -0.3 is 11.3 Å². The molecule has 2 aromatic rings. The molecule has 2 rings (SSSR count). The number of thioether (sulfide) groups is 1. The van der Waals surface area contributed by atoms with Gasteiger partial charge in [-0.05, 0) is 25.1 Å². The van der Waals surface area contributed by atoms with Gasteiger partial charge in [-0.25, -0.2) is 4.68 Å². The fourth-order valence-corrected chi connectivity index (χ4v) is 3.11. The van der Waals surface area contributed by atoms with E-state index in [0.717, 1.165) is 11.8 Å². The molecule has 124 valence electrons. The second-order valence-electron chi connectivity index (χ2n) is 4.80. The summed E-state index contributed by atoms with van der Waals surface area (Å²) in [7, 11) is 0. The number of ketones is 1. The first-order chi connectivity index (χ1) is 11.3. The number of nitriles is 1. The SMILES string of the molecule is CC(=N)C(C#N)C(=O)CSc1nnc(-c2ccc(Cl)cc2Cl)n1N. The third-order valence-corrected chi connectivity index (χ3v) is 4.58. The molecule has 7 nitrogen and oxygen atoms in total. The second-order valence-corrected chi connectivity index (χ2v) is 6.59. The number of nitrogens with one attached hydrogen (secondary N) is 1. The van der Waals surface area contributed by atoms with Crippen LogP contribution in [0.4, 0.5) is 0 Å².